The number of rotatable bonds is 2. The van der Waals surface area contributed by atoms with Crippen molar-refractivity contribution in [3.63, 3.8) is 0 Å². The summed E-state index contributed by atoms with van der Waals surface area (Å²) < 4.78 is 0. The van der Waals surface area contributed by atoms with Gasteiger partial charge in [-0.3, -0.25) is 14.9 Å². The van der Waals surface area contributed by atoms with Crippen LogP contribution in [0.2, 0.25) is 0 Å². The molecular formula is C11H9NO4. The minimum absolute atomic E-state index is 0.108. The highest BCUT2D eigenvalue weighted by Crippen LogP contribution is 2.18. The summed E-state index contributed by atoms with van der Waals surface area (Å²) >= 11 is 0. The van der Waals surface area contributed by atoms with Crippen LogP contribution in [0.25, 0.3) is 0 Å². The Kier molecular flexibility index (Phi) is 3.62. The van der Waals surface area contributed by atoms with Gasteiger partial charge in [0, 0.05) is 6.07 Å². The molecule has 5 heteroatoms. The molecule has 0 aliphatic carbocycles. The van der Waals surface area contributed by atoms with E-state index in [2.05, 4.69) is 11.8 Å². The van der Waals surface area contributed by atoms with Crippen molar-refractivity contribution in [3.05, 3.63) is 39.4 Å². The van der Waals surface area contributed by atoms with E-state index in [1.165, 1.54) is 6.07 Å². The summed E-state index contributed by atoms with van der Waals surface area (Å²) in [7, 11) is 0. The monoisotopic (exact) mass is 219 g/mol. The molecule has 0 atom stereocenters. The number of nitro groups is 1. The topological polar surface area (TPSA) is 80.4 Å². The van der Waals surface area contributed by atoms with E-state index >= 15 is 0 Å². The molecule has 0 amide bonds. The normalized spacial score (nSPS) is 9.06. The van der Waals surface area contributed by atoms with Crippen molar-refractivity contribution in [1.29, 1.82) is 0 Å². The summed E-state index contributed by atoms with van der Waals surface area (Å²) in [4.78, 5) is 20.4. The Morgan fingerprint density at radius 2 is 2.25 bits per heavy atom. The molecule has 16 heavy (non-hydrogen) atoms. The van der Waals surface area contributed by atoms with Crippen LogP contribution in [0.4, 0.5) is 5.69 Å². The van der Waals surface area contributed by atoms with Crippen LogP contribution >= 0.6 is 0 Å². The Morgan fingerprint density at radius 1 is 1.56 bits per heavy atom. The molecule has 0 saturated heterocycles. The molecule has 1 rings (SSSR count). The molecule has 0 fully saturated rings. The number of hydrogen-bond donors (Lipinski definition) is 1. The van der Waals surface area contributed by atoms with Gasteiger partial charge in [0.1, 0.15) is 12.0 Å². The van der Waals surface area contributed by atoms with Gasteiger partial charge < -0.3 is 5.11 Å². The number of aryl methyl sites for hydroxylation is 1. The van der Waals surface area contributed by atoms with Crippen LogP contribution < -0.4 is 0 Å². The first-order chi connectivity index (χ1) is 7.50. The third-order valence-corrected chi connectivity index (χ3v) is 1.81. The van der Waals surface area contributed by atoms with Gasteiger partial charge in [0.2, 0.25) is 0 Å². The van der Waals surface area contributed by atoms with Gasteiger partial charge in [-0.25, -0.2) is 0 Å². The first kappa shape index (κ1) is 11.7. The maximum atomic E-state index is 10.7. The van der Waals surface area contributed by atoms with Gasteiger partial charge in [0.05, 0.1) is 4.92 Å². The highest BCUT2D eigenvalue weighted by Gasteiger charge is 2.10. The molecule has 0 aliphatic rings. The van der Waals surface area contributed by atoms with Gasteiger partial charge in [-0.2, -0.15) is 0 Å². The van der Waals surface area contributed by atoms with Crippen LogP contribution in [0, 0.1) is 28.9 Å². The zero-order valence-corrected chi connectivity index (χ0v) is 8.56. The molecule has 0 unspecified atom stereocenters. The van der Waals surface area contributed by atoms with E-state index in [9.17, 15) is 14.9 Å². The minimum atomic E-state index is -1.05. The van der Waals surface area contributed by atoms with Gasteiger partial charge in [-0.05, 0) is 18.6 Å². The van der Waals surface area contributed by atoms with Crippen molar-refractivity contribution in [2.75, 3.05) is 0 Å². The quantitative estimate of drug-likeness (QED) is 0.466. The van der Waals surface area contributed by atoms with E-state index in [1.807, 2.05) is 0 Å². The highest BCUT2D eigenvalue weighted by atomic mass is 16.6. The largest absolute Gasteiger partial charge is 0.481 e. The third-order valence-electron chi connectivity index (χ3n) is 1.81. The lowest BCUT2D eigenvalue weighted by atomic mass is 10.1. The number of hydrogen-bond acceptors (Lipinski definition) is 3. The molecule has 0 radical (unpaired) electrons. The van der Waals surface area contributed by atoms with Crippen molar-refractivity contribution in [3.8, 4) is 11.8 Å². The fraction of sp³-hybridized carbons (Fsp3) is 0.182. The summed E-state index contributed by atoms with van der Waals surface area (Å²) in [5, 5.41) is 19.0. The lowest BCUT2D eigenvalue weighted by Crippen LogP contribution is -1.94. The molecule has 0 aliphatic heterocycles. The summed E-state index contributed by atoms with van der Waals surface area (Å²) in [5.41, 5.74) is 0.972. The Bertz CT molecular complexity index is 496. The van der Waals surface area contributed by atoms with E-state index < -0.39 is 10.9 Å². The van der Waals surface area contributed by atoms with Crippen LogP contribution in [0.15, 0.2) is 18.2 Å². The molecular weight excluding hydrogens is 210 g/mol. The number of carbonyl (C=O) groups is 1. The zero-order valence-electron chi connectivity index (χ0n) is 8.56. The van der Waals surface area contributed by atoms with Crippen molar-refractivity contribution in [2.45, 2.75) is 13.3 Å². The SMILES string of the molecule is Cc1ccc([N+](=O)[O-])c(C#CCC(=O)O)c1. The number of nitrogens with zero attached hydrogens (tertiary/aromatic N) is 1. The van der Waals surface area contributed by atoms with Crippen molar-refractivity contribution in [1.82, 2.24) is 0 Å². The highest BCUT2D eigenvalue weighted by molar-refractivity contribution is 5.70. The van der Waals surface area contributed by atoms with Crippen LogP contribution in [-0.2, 0) is 4.79 Å². The van der Waals surface area contributed by atoms with Gasteiger partial charge in [-0.15, -0.1) is 0 Å². The Hall–Kier alpha value is -2.35. The number of carboxylic acids is 1. The minimum Gasteiger partial charge on any atom is -0.481 e. The Labute approximate surface area is 91.9 Å². The smallest absolute Gasteiger partial charge is 0.315 e. The summed E-state index contributed by atoms with van der Waals surface area (Å²) in [5.74, 6) is 3.81. The molecule has 0 heterocycles. The van der Waals surface area contributed by atoms with Gasteiger partial charge in [-0.1, -0.05) is 17.9 Å². The average Bonchev–Trinajstić information content (AvgIpc) is 2.16. The molecule has 5 nitrogen and oxygen atoms in total. The van der Waals surface area contributed by atoms with E-state index in [-0.39, 0.29) is 17.7 Å². The predicted octanol–water partition coefficient (Wildman–Crippen LogP) is 1.73. The van der Waals surface area contributed by atoms with Crippen LogP contribution in [0.1, 0.15) is 17.5 Å². The Morgan fingerprint density at radius 3 is 2.81 bits per heavy atom. The van der Waals surface area contributed by atoms with Crippen LogP contribution in [-0.4, -0.2) is 16.0 Å². The molecule has 1 aromatic rings. The number of carboxylic acid groups (broad SMARTS) is 1. The molecule has 0 saturated carbocycles. The van der Waals surface area contributed by atoms with Gasteiger partial charge >= 0.3 is 5.97 Å². The van der Waals surface area contributed by atoms with Crippen molar-refractivity contribution in [2.24, 2.45) is 0 Å². The van der Waals surface area contributed by atoms with Crippen LogP contribution in [0.5, 0.6) is 0 Å². The van der Waals surface area contributed by atoms with E-state index in [1.54, 1.807) is 19.1 Å². The summed E-state index contributed by atoms with van der Waals surface area (Å²) in [6.07, 6.45) is -0.328. The first-order valence-corrected chi connectivity index (χ1v) is 4.46. The molecule has 0 bridgehead atoms. The summed E-state index contributed by atoms with van der Waals surface area (Å²) in [6, 6.07) is 4.54. The molecule has 0 aromatic heterocycles. The second-order valence-electron chi connectivity index (χ2n) is 3.15. The fourth-order valence-corrected chi connectivity index (χ4v) is 1.12. The maximum absolute atomic E-state index is 10.7. The lowest BCUT2D eigenvalue weighted by Gasteiger charge is -1.96. The number of aliphatic carboxylic acids is 1. The molecule has 1 aromatic carbocycles. The number of nitro benzene ring substituents is 1. The van der Waals surface area contributed by atoms with Crippen molar-refractivity contribution >= 4 is 11.7 Å². The van der Waals surface area contributed by atoms with Gasteiger partial charge in [0.15, 0.2) is 0 Å². The second kappa shape index (κ2) is 4.94. The van der Waals surface area contributed by atoms with Gasteiger partial charge in [0.25, 0.3) is 5.69 Å². The number of benzene rings is 1. The first-order valence-electron chi connectivity index (χ1n) is 4.46. The summed E-state index contributed by atoms with van der Waals surface area (Å²) in [6.45, 7) is 1.78. The predicted molar refractivity (Wildman–Crippen MR) is 57.0 cm³/mol. The molecule has 82 valence electrons. The van der Waals surface area contributed by atoms with Crippen molar-refractivity contribution < 1.29 is 14.8 Å². The zero-order chi connectivity index (χ0) is 12.1. The maximum Gasteiger partial charge on any atom is 0.315 e. The second-order valence-corrected chi connectivity index (χ2v) is 3.15. The standard InChI is InChI=1S/C11H9NO4/c1-8-5-6-10(12(15)16)9(7-8)3-2-4-11(13)14/h5-7H,4H2,1H3,(H,13,14). The Balaban J connectivity index is 3.08. The molecule has 1 N–H and O–H groups in total. The van der Waals surface area contributed by atoms with E-state index in [4.69, 9.17) is 5.11 Å². The van der Waals surface area contributed by atoms with E-state index in [0.717, 1.165) is 5.56 Å². The van der Waals surface area contributed by atoms with E-state index in [0.29, 0.717) is 0 Å². The lowest BCUT2D eigenvalue weighted by molar-refractivity contribution is -0.385. The molecule has 0 spiro atoms. The average molecular weight is 219 g/mol. The fourth-order valence-electron chi connectivity index (χ4n) is 1.12. The van der Waals surface area contributed by atoms with Crippen LogP contribution in [0.3, 0.4) is 0 Å². The third kappa shape index (κ3) is 3.10.